The van der Waals surface area contributed by atoms with Crippen LogP contribution in [0.15, 0.2) is 47.6 Å². The van der Waals surface area contributed by atoms with Crippen LogP contribution in [0.4, 0.5) is 4.39 Å². The van der Waals surface area contributed by atoms with Crippen molar-refractivity contribution in [2.45, 2.75) is 19.0 Å². The molecule has 0 amide bonds. The van der Waals surface area contributed by atoms with Crippen LogP contribution in [0.5, 0.6) is 11.6 Å². The first-order valence-corrected chi connectivity index (χ1v) is 10.3. The lowest BCUT2D eigenvalue weighted by Gasteiger charge is -2.17. The Morgan fingerprint density at radius 3 is 2.93 bits per heavy atom. The number of pyridine rings is 1. The van der Waals surface area contributed by atoms with Gasteiger partial charge in [0.2, 0.25) is 5.88 Å². The summed E-state index contributed by atoms with van der Waals surface area (Å²) in [4.78, 5) is 8.33. The van der Waals surface area contributed by atoms with Gasteiger partial charge in [0.1, 0.15) is 11.6 Å². The smallest absolute Gasteiger partial charge is 0.224 e. The molecule has 1 aliphatic rings. The molecule has 2 N–H and O–H groups in total. The molecule has 1 aromatic heterocycles. The van der Waals surface area contributed by atoms with E-state index in [1.807, 2.05) is 6.07 Å². The van der Waals surface area contributed by atoms with Crippen LogP contribution in [-0.2, 0) is 16.4 Å². The summed E-state index contributed by atoms with van der Waals surface area (Å²) in [6, 6.07) is 9.29. The highest BCUT2D eigenvalue weighted by atomic mass is 32.2. The highest BCUT2D eigenvalue weighted by Gasteiger charge is 2.28. The van der Waals surface area contributed by atoms with Gasteiger partial charge in [0.15, 0.2) is 15.8 Å². The predicted octanol–water partition coefficient (Wildman–Crippen LogP) is 1.87. The number of guanidine groups is 1. The lowest BCUT2D eigenvalue weighted by molar-refractivity contribution is 0.450. The molecule has 9 heteroatoms. The second-order valence-corrected chi connectivity index (χ2v) is 8.43. The second kappa shape index (κ2) is 8.34. The van der Waals surface area contributed by atoms with Gasteiger partial charge in [0.25, 0.3) is 0 Å². The normalized spacial score (nSPS) is 18.9. The van der Waals surface area contributed by atoms with Crippen LogP contribution in [0, 0.1) is 5.82 Å². The lowest BCUT2D eigenvalue weighted by Crippen LogP contribution is -2.43. The molecule has 1 fully saturated rings. The third kappa shape index (κ3) is 5.40. The highest BCUT2D eigenvalue weighted by Crippen LogP contribution is 2.23. The average molecular weight is 392 g/mol. The van der Waals surface area contributed by atoms with Crippen LogP contribution in [-0.4, -0.2) is 44.0 Å². The van der Waals surface area contributed by atoms with Crippen molar-refractivity contribution in [1.82, 2.24) is 15.6 Å². The van der Waals surface area contributed by atoms with E-state index in [0.717, 1.165) is 5.56 Å². The van der Waals surface area contributed by atoms with Crippen molar-refractivity contribution in [3.05, 3.63) is 54.0 Å². The third-order valence-corrected chi connectivity index (χ3v) is 5.87. The Morgan fingerprint density at radius 1 is 1.37 bits per heavy atom. The number of hydrogen-bond acceptors (Lipinski definition) is 5. The zero-order chi connectivity index (χ0) is 19.3. The van der Waals surface area contributed by atoms with Crippen molar-refractivity contribution < 1.29 is 17.5 Å². The molecule has 2 heterocycles. The molecular formula is C18H21FN4O3S. The molecule has 144 valence electrons. The monoisotopic (exact) mass is 392 g/mol. The molecule has 0 aliphatic carbocycles. The average Bonchev–Trinajstić information content (AvgIpc) is 2.98. The van der Waals surface area contributed by atoms with Gasteiger partial charge in [-0.1, -0.05) is 12.1 Å². The van der Waals surface area contributed by atoms with Crippen LogP contribution < -0.4 is 15.4 Å². The van der Waals surface area contributed by atoms with Crippen molar-refractivity contribution in [2.24, 2.45) is 4.99 Å². The molecule has 1 aliphatic heterocycles. The van der Waals surface area contributed by atoms with Crippen molar-refractivity contribution >= 4 is 15.8 Å². The van der Waals surface area contributed by atoms with Gasteiger partial charge >= 0.3 is 0 Å². The van der Waals surface area contributed by atoms with E-state index in [9.17, 15) is 12.8 Å². The first kappa shape index (κ1) is 19.1. The van der Waals surface area contributed by atoms with Crippen LogP contribution >= 0.6 is 0 Å². The summed E-state index contributed by atoms with van der Waals surface area (Å²) in [5.41, 5.74) is 0.753. The molecule has 1 atom stereocenters. The number of halogens is 1. The van der Waals surface area contributed by atoms with Crippen molar-refractivity contribution in [3.63, 3.8) is 0 Å². The van der Waals surface area contributed by atoms with E-state index < -0.39 is 9.84 Å². The quantitative estimate of drug-likeness (QED) is 0.596. The Bertz CT molecular complexity index is 934. The molecule has 3 rings (SSSR count). The molecule has 7 nitrogen and oxygen atoms in total. The maximum Gasteiger partial charge on any atom is 0.224 e. The molecule has 0 bridgehead atoms. The number of ether oxygens (including phenoxy) is 1. The van der Waals surface area contributed by atoms with Crippen LogP contribution in [0.1, 0.15) is 12.0 Å². The van der Waals surface area contributed by atoms with Gasteiger partial charge in [-0.15, -0.1) is 0 Å². The molecule has 1 aromatic carbocycles. The molecule has 2 aromatic rings. The maximum atomic E-state index is 13.3. The SMILES string of the molecule is CN=C(NCc1cccnc1Oc1cccc(F)c1)NC1CCS(=O)(=O)C1. The fraction of sp³-hybridized carbons (Fsp3) is 0.333. The van der Waals surface area contributed by atoms with Gasteiger partial charge in [0.05, 0.1) is 11.5 Å². The molecular weight excluding hydrogens is 371 g/mol. The van der Waals surface area contributed by atoms with Gasteiger partial charge in [-0.25, -0.2) is 17.8 Å². The van der Waals surface area contributed by atoms with Crippen LogP contribution in [0.25, 0.3) is 0 Å². The van der Waals surface area contributed by atoms with E-state index in [2.05, 4.69) is 20.6 Å². The maximum absolute atomic E-state index is 13.3. The third-order valence-electron chi connectivity index (χ3n) is 4.10. The summed E-state index contributed by atoms with van der Waals surface area (Å²) in [6.45, 7) is 0.359. The minimum absolute atomic E-state index is 0.106. The van der Waals surface area contributed by atoms with E-state index >= 15 is 0 Å². The first-order valence-electron chi connectivity index (χ1n) is 8.50. The van der Waals surface area contributed by atoms with E-state index in [0.29, 0.717) is 30.6 Å². The van der Waals surface area contributed by atoms with Gasteiger partial charge < -0.3 is 15.4 Å². The summed E-state index contributed by atoms with van der Waals surface area (Å²) < 4.78 is 42.2. The van der Waals surface area contributed by atoms with Crippen LogP contribution in [0.2, 0.25) is 0 Å². The van der Waals surface area contributed by atoms with Gasteiger partial charge in [-0.05, 0) is 24.6 Å². The van der Waals surface area contributed by atoms with E-state index in [4.69, 9.17) is 4.74 Å². The second-order valence-electron chi connectivity index (χ2n) is 6.20. The van der Waals surface area contributed by atoms with Crippen molar-refractivity contribution in [1.29, 1.82) is 0 Å². The van der Waals surface area contributed by atoms with Gasteiger partial charge in [-0.2, -0.15) is 0 Å². The number of hydrogen-bond donors (Lipinski definition) is 2. The zero-order valence-corrected chi connectivity index (χ0v) is 15.7. The highest BCUT2D eigenvalue weighted by molar-refractivity contribution is 7.91. The number of rotatable bonds is 5. The Hall–Kier alpha value is -2.68. The number of aliphatic imine (C=N–C) groups is 1. The number of sulfone groups is 1. The minimum Gasteiger partial charge on any atom is -0.439 e. The summed E-state index contributed by atoms with van der Waals surface area (Å²) in [5.74, 6) is 1.12. The minimum atomic E-state index is -2.97. The summed E-state index contributed by atoms with van der Waals surface area (Å²) in [7, 11) is -1.35. The van der Waals surface area contributed by atoms with Crippen molar-refractivity contribution in [3.8, 4) is 11.6 Å². The standard InChI is InChI=1S/C18H21FN4O3S/c1-20-18(23-15-7-9-27(24,25)12-15)22-11-13-4-3-8-21-17(13)26-16-6-2-5-14(19)10-16/h2-6,8,10,15H,7,9,11-12H2,1H3,(H2,20,22,23). The largest absolute Gasteiger partial charge is 0.439 e. The summed E-state index contributed by atoms with van der Waals surface area (Å²) in [5, 5.41) is 6.24. The number of nitrogens with zero attached hydrogens (tertiary/aromatic N) is 2. The Balaban J connectivity index is 1.63. The lowest BCUT2D eigenvalue weighted by atomic mass is 10.2. The van der Waals surface area contributed by atoms with E-state index in [1.54, 1.807) is 31.4 Å². The summed E-state index contributed by atoms with van der Waals surface area (Å²) >= 11 is 0. The predicted molar refractivity (Wildman–Crippen MR) is 101 cm³/mol. The fourth-order valence-electron chi connectivity index (χ4n) is 2.77. The molecule has 1 unspecified atom stereocenters. The van der Waals surface area contributed by atoms with E-state index in [-0.39, 0.29) is 23.4 Å². The van der Waals surface area contributed by atoms with Gasteiger partial charge in [-0.3, -0.25) is 4.99 Å². The number of aromatic nitrogens is 1. The topological polar surface area (TPSA) is 92.7 Å². The van der Waals surface area contributed by atoms with E-state index in [1.165, 1.54) is 12.1 Å². The van der Waals surface area contributed by atoms with Crippen molar-refractivity contribution in [2.75, 3.05) is 18.6 Å². The Morgan fingerprint density at radius 2 is 2.22 bits per heavy atom. The molecule has 1 saturated heterocycles. The molecule has 27 heavy (non-hydrogen) atoms. The number of nitrogens with one attached hydrogen (secondary N) is 2. The summed E-state index contributed by atoms with van der Waals surface area (Å²) in [6.07, 6.45) is 2.15. The zero-order valence-electron chi connectivity index (χ0n) is 14.9. The van der Waals surface area contributed by atoms with Crippen LogP contribution in [0.3, 0.4) is 0 Å². The molecule has 0 saturated carbocycles. The fourth-order valence-corrected chi connectivity index (χ4v) is 4.44. The first-order chi connectivity index (χ1) is 12.9. The Labute approximate surface area is 157 Å². The van der Waals surface area contributed by atoms with Gasteiger partial charge in [0, 0.05) is 37.5 Å². The molecule has 0 spiro atoms. The Kier molecular flexibility index (Phi) is 5.90. The number of benzene rings is 1. The molecule has 0 radical (unpaired) electrons.